The summed E-state index contributed by atoms with van der Waals surface area (Å²) in [6.45, 7) is 4.71. The van der Waals surface area contributed by atoms with Crippen molar-refractivity contribution < 1.29 is 14.9 Å². The molecule has 190 valence electrons. The van der Waals surface area contributed by atoms with Crippen molar-refractivity contribution in [3.8, 4) is 0 Å². The van der Waals surface area contributed by atoms with Crippen LogP contribution in [-0.2, 0) is 4.74 Å². The van der Waals surface area contributed by atoms with Crippen LogP contribution in [0.5, 0.6) is 0 Å². The van der Waals surface area contributed by atoms with E-state index in [1.54, 1.807) is 0 Å². The average Bonchev–Trinajstić information content (AvgIpc) is 3.49. The fourth-order valence-corrected chi connectivity index (χ4v) is 8.45. The zero-order valence-corrected chi connectivity index (χ0v) is 21.5. The molecule has 5 N–H and O–H groups in total. The van der Waals surface area contributed by atoms with Crippen molar-refractivity contribution in [3.05, 3.63) is 53.1 Å². The van der Waals surface area contributed by atoms with Crippen molar-refractivity contribution >= 4 is 22.6 Å². The van der Waals surface area contributed by atoms with E-state index in [0.717, 1.165) is 35.9 Å². The number of aromatic nitrogens is 2. The molecule has 2 spiro atoms. The Morgan fingerprint density at radius 1 is 1.22 bits per heavy atom. The van der Waals surface area contributed by atoms with Gasteiger partial charge in [-0.3, -0.25) is 0 Å². The molecule has 7 nitrogen and oxygen atoms in total. The average molecular weight is 489 g/mol. The molecule has 7 rings (SSSR count). The number of hydrogen-bond donors (Lipinski definition) is 4. The Hall–Kier alpha value is -2.45. The fraction of sp³-hybridized carbons (Fsp3) is 0.552. The van der Waals surface area contributed by atoms with Crippen LogP contribution in [0.2, 0.25) is 0 Å². The second kappa shape index (κ2) is 7.10. The third kappa shape index (κ3) is 2.64. The number of imidazole rings is 1. The van der Waals surface area contributed by atoms with Gasteiger partial charge in [0.25, 0.3) is 0 Å². The van der Waals surface area contributed by atoms with Crippen LogP contribution in [0.15, 0.2) is 47.6 Å². The first-order valence-electron chi connectivity index (χ1n) is 13.2. The summed E-state index contributed by atoms with van der Waals surface area (Å²) in [5, 5.41) is 22.1. The van der Waals surface area contributed by atoms with E-state index in [0.29, 0.717) is 18.3 Å². The van der Waals surface area contributed by atoms with E-state index in [1.165, 1.54) is 16.7 Å². The largest absolute Gasteiger partial charge is 0.388 e. The first-order chi connectivity index (χ1) is 17.1. The zero-order valence-electron chi connectivity index (χ0n) is 21.5. The quantitative estimate of drug-likeness (QED) is 0.516. The Kier molecular flexibility index (Phi) is 4.48. The number of nitrogens with one attached hydrogen (secondary N) is 1. The molecular weight excluding hydrogens is 452 g/mol. The maximum atomic E-state index is 11.2. The van der Waals surface area contributed by atoms with E-state index in [9.17, 15) is 10.2 Å². The van der Waals surface area contributed by atoms with Gasteiger partial charge < -0.3 is 30.6 Å². The number of fused-ring (bicyclic) bond motifs is 2. The van der Waals surface area contributed by atoms with E-state index >= 15 is 0 Å². The monoisotopic (exact) mass is 488 g/mol. The molecule has 2 aromatic rings. The third-order valence-electron chi connectivity index (χ3n) is 10.5. The smallest absolute Gasteiger partial charge is 0.198 e. The van der Waals surface area contributed by atoms with E-state index in [-0.39, 0.29) is 23.0 Å². The number of allylic oxidation sites excluding steroid dienone is 3. The van der Waals surface area contributed by atoms with E-state index in [1.807, 2.05) is 19.0 Å². The highest BCUT2D eigenvalue weighted by Crippen LogP contribution is 2.69. The zero-order chi connectivity index (χ0) is 25.2. The van der Waals surface area contributed by atoms with Gasteiger partial charge in [-0.2, -0.15) is 0 Å². The molecule has 2 fully saturated rings. The molecule has 7 heteroatoms. The van der Waals surface area contributed by atoms with E-state index in [2.05, 4.69) is 60.2 Å². The van der Waals surface area contributed by atoms with E-state index < -0.39 is 17.8 Å². The van der Waals surface area contributed by atoms with Crippen LogP contribution in [0.25, 0.3) is 16.6 Å². The van der Waals surface area contributed by atoms with Gasteiger partial charge in [0.15, 0.2) is 5.95 Å². The molecule has 36 heavy (non-hydrogen) atoms. The molecule has 0 amide bonds. The summed E-state index contributed by atoms with van der Waals surface area (Å²) < 4.78 is 7.26. The number of nitrogens with zero attached hydrogens (tertiary/aromatic N) is 2. The number of rotatable bonds is 2. The van der Waals surface area contributed by atoms with Crippen molar-refractivity contribution in [2.24, 2.45) is 17.3 Å². The molecule has 2 bridgehead atoms. The maximum Gasteiger partial charge on any atom is 0.198 e. The number of aliphatic hydroxyl groups is 2. The van der Waals surface area contributed by atoms with Gasteiger partial charge in [-0.25, -0.2) is 4.98 Å². The Bertz CT molecular complexity index is 1370. The topological polar surface area (TPSA) is 108 Å². The lowest BCUT2D eigenvalue weighted by Gasteiger charge is -2.57. The van der Waals surface area contributed by atoms with Crippen LogP contribution in [0.3, 0.4) is 0 Å². The number of benzene rings is 1. The Balaban J connectivity index is 1.33. The lowest BCUT2D eigenvalue weighted by Crippen LogP contribution is -2.62. The normalized spacial score (nSPS) is 43.1. The highest BCUT2D eigenvalue weighted by Gasteiger charge is 2.68. The number of hydrogen-bond acceptors (Lipinski definition) is 6. The Labute approximate surface area is 211 Å². The standard InChI is InChI=1S/C29H36N4O3/c1-15-11-17-13-19-24(34)25(35)22(33(3)4)14-28(19)9-10-29(17,36-28)23-8-6-18(27(15,23)2)16-5-7-20-21(12-16)32-26(30)31-20/h5-7,11-13,15,22-25,34-35H,8-10,14H2,1-4H3,(H3,30,31,32)/t15?,22-,23?,24+,25+,27+,28+,29+/m0/s1. The fourth-order valence-electron chi connectivity index (χ4n) is 8.45. The molecule has 2 aliphatic heterocycles. The van der Waals surface area contributed by atoms with E-state index in [4.69, 9.17) is 10.5 Å². The highest BCUT2D eigenvalue weighted by atomic mass is 16.5. The summed E-state index contributed by atoms with van der Waals surface area (Å²) in [5.74, 6) is 1.02. The van der Waals surface area contributed by atoms with Crippen molar-refractivity contribution in [1.29, 1.82) is 0 Å². The molecule has 2 unspecified atom stereocenters. The second-order valence-electron chi connectivity index (χ2n) is 12.2. The predicted octanol–water partition coefficient (Wildman–Crippen LogP) is 3.41. The summed E-state index contributed by atoms with van der Waals surface area (Å²) >= 11 is 0. The summed E-state index contributed by atoms with van der Waals surface area (Å²) in [7, 11) is 3.95. The van der Waals surface area contributed by atoms with Crippen LogP contribution in [0.4, 0.5) is 5.95 Å². The number of aliphatic hydroxyl groups excluding tert-OH is 2. The molecule has 1 saturated heterocycles. The molecule has 8 atom stereocenters. The number of nitrogen functional groups attached to an aromatic ring is 1. The van der Waals surface area contributed by atoms with Crippen molar-refractivity contribution in [2.75, 3.05) is 19.8 Å². The molecular formula is C29H36N4O3. The van der Waals surface area contributed by atoms with Crippen molar-refractivity contribution in [2.45, 2.75) is 69.0 Å². The first kappa shape index (κ1) is 22.7. The van der Waals surface area contributed by atoms with Gasteiger partial charge in [-0.1, -0.05) is 38.1 Å². The number of ether oxygens (including phenoxy) is 1. The Morgan fingerprint density at radius 3 is 2.81 bits per heavy atom. The van der Waals surface area contributed by atoms with Crippen molar-refractivity contribution in [1.82, 2.24) is 14.9 Å². The Morgan fingerprint density at radius 2 is 2.03 bits per heavy atom. The minimum Gasteiger partial charge on any atom is -0.388 e. The first-order valence-corrected chi connectivity index (χ1v) is 13.2. The van der Waals surface area contributed by atoms with Gasteiger partial charge in [-0.05, 0) is 80.1 Å². The van der Waals surface area contributed by atoms with Crippen LogP contribution >= 0.6 is 0 Å². The highest BCUT2D eigenvalue weighted by molar-refractivity contribution is 5.84. The number of nitrogens with two attached hydrogens (primary N) is 1. The number of anilines is 1. The van der Waals surface area contributed by atoms with Gasteiger partial charge >= 0.3 is 0 Å². The van der Waals surface area contributed by atoms with Gasteiger partial charge in [0.05, 0.1) is 28.3 Å². The minimum absolute atomic E-state index is 0.0936. The summed E-state index contributed by atoms with van der Waals surface area (Å²) in [6.07, 6.45) is 8.74. The SMILES string of the molecule is CC1C=C2C=C3[C@@H](O)[C@H](O)[C@@H](N(C)C)C[C@]34CC[C@]2(O4)C2CC=C(c3ccc4[nH]c(N)nc4c3)[C@@]12C. The summed E-state index contributed by atoms with van der Waals surface area (Å²) in [4.78, 5) is 9.62. The number of aromatic amines is 1. The van der Waals surface area contributed by atoms with Crippen LogP contribution in [0, 0.1) is 17.3 Å². The van der Waals surface area contributed by atoms with Gasteiger partial charge in [-0.15, -0.1) is 0 Å². The molecule has 3 heterocycles. The molecule has 5 aliphatic rings. The van der Waals surface area contributed by atoms with Crippen LogP contribution < -0.4 is 5.73 Å². The van der Waals surface area contributed by atoms with Crippen molar-refractivity contribution in [3.63, 3.8) is 0 Å². The third-order valence-corrected chi connectivity index (χ3v) is 10.5. The van der Waals surface area contributed by atoms with Crippen LogP contribution in [-0.4, -0.2) is 68.6 Å². The molecule has 1 aromatic carbocycles. The number of likely N-dealkylation sites (N-methyl/N-ethyl adjacent to an activating group) is 1. The lowest BCUT2D eigenvalue weighted by molar-refractivity contribution is -0.165. The predicted molar refractivity (Wildman–Crippen MR) is 140 cm³/mol. The molecule has 1 aromatic heterocycles. The van der Waals surface area contributed by atoms with Gasteiger partial charge in [0, 0.05) is 17.4 Å². The second-order valence-corrected chi connectivity index (χ2v) is 12.2. The summed E-state index contributed by atoms with van der Waals surface area (Å²) in [6, 6.07) is 6.27. The van der Waals surface area contributed by atoms with Crippen LogP contribution in [0.1, 0.15) is 45.1 Å². The van der Waals surface area contributed by atoms with Gasteiger partial charge in [0.2, 0.25) is 0 Å². The lowest BCUT2D eigenvalue weighted by atomic mass is 9.54. The van der Waals surface area contributed by atoms with Gasteiger partial charge in [0.1, 0.15) is 6.10 Å². The molecule has 0 radical (unpaired) electrons. The maximum absolute atomic E-state index is 11.2. The molecule has 3 aliphatic carbocycles. The number of H-pyrrole nitrogens is 1. The summed E-state index contributed by atoms with van der Waals surface area (Å²) in [5.41, 5.74) is 11.4. The molecule has 1 saturated carbocycles. The minimum atomic E-state index is -0.906.